The highest BCUT2D eigenvalue weighted by atomic mass is 16.4. The fourth-order valence-electron chi connectivity index (χ4n) is 2.73. The summed E-state index contributed by atoms with van der Waals surface area (Å²) in [4.78, 5) is 23.0. The average Bonchev–Trinajstić information content (AvgIpc) is 2.47. The quantitative estimate of drug-likeness (QED) is 0.775. The van der Waals surface area contributed by atoms with Crippen LogP contribution in [0, 0.1) is 5.92 Å². The molecule has 0 spiro atoms. The van der Waals surface area contributed by atoms with E-state index < -0.39 is 5.97 Å². The molecular weight excluding hydrogens is 268 g/mol. The van der Waals surface area contributed by atoms with Crippen LogP contribution in [0.4, 0.5) is 5.69 Å². The van der Waals surface area contributed by atoms with Gasteiger partial charge >= 0.3 is 5.97 Å². The molecule has 0 radical (unpaired) electrons. The number of aliphatic carboxylic acids is 1. The van der Waals surface area contributed by atoms with Gasteiger partial charge in [0.2, 0.25) is 5.91 Å². The number of hydrogen-bond acceptors (Lipinski definition) is 3. The Labute approximate surface area is 124 Å². The number of nitrogens with one attached hydrogen (secondary N) is 2. The fraction of sp³-hybridized carbons (Fsp3) is 0.500. The Morgan fingerprint density at radius 3 is 2.95 bits per heavy atom. The van der Waals surface area contributed by atoms with Gasteiger partial charge in [-0.1, -0.05) is 25.5 Å². The molecule has 2 atom stereocenters. The van der Waals surface area contributed by atoms with Crippen molar-refractivity contribution in [3.8, 4) is 0 Å². The maximum atomic E-state index is 12.3. The molecule has 1 fully saturated rings. The standard InChI is InChI=1S/C16H22N2O3/c1-2-11-6-7-17-14(9-11)16(21)18-13-5-3-4-12(8-13)10-15(19)20/h3-5,8,11,14,17H,2,6-7,9-10H2,1H3,(H,18,21)(H,19,20). The van der Waals surface area contributed by atoms with E-state index in [-0.39, 0.29) is 18.4 Å². The van der Waals surface area contributed by atoms with Crippen LogP contribution in [0.25, 0.3) is 0 Å². The molecule has 0 saturated carbocycles. The van der Waals surface area contributed by atoms with Gasteiger partial charge in [0.1, 0.15) is 0 Å². The number of anilines is 1. The van der Waals surface area contributed by atoms with Crippen molar-refractivity contribution in [2.24, 2.45) is 5.92 Å². The maximum absolute atomic E-state index is 12.3. The highest BCUT2D eigenvalue weighted by molar-refractivity contribution is 5.95. The smallest absolute Gasteiger partial charge is 0.307 e. The van der Waals surface area contributed by atoms with Crippen molar-refractivity contribution in [3.63, 3.8) is 0 Å². The van der Waals surface area contributed by atoms with E-state index in [1.54, 1.807) is 24.3 Å². The molecule has 114 valence electrons. The first-order valence-corrected chi connectivity index (χ1v) is 7.43. The number of carbonyl (C=O) groups is 2. The second-order valence-corrected chi connectivity index (χ2v) is 5.57. The van der Waals surface area contributed by atoms with Gasteiger partial charge in [-0.05, 0) is 43.0 Å². The van der Waals surface area contributed by atoms with E-state index in [1.165, 1.54) is 0 Å². The summed E-state index contributed by atoms with van der Waals surface area (Å²) in [6.07, 6.45) is 3.04. The summed E-state index contributed by atoms with van der Waals surface area (Å²) in [7, 11) is 0. The minimum atomic E-state index is -0.877. The lowest BCUT2D eigenvalue weighted by atomic mass is 9.90. The number of rotatable bonds is 5. The van der Waals surface area contributed by atoms with E-state index in [1.807, 2.05) is 0 Å². The van der Waals surface area contributed by atoms with Gasteiger partial charge in [0.25, 0.3) is 0 Å². The molecule has 0 aromatic heterocycles. The molecule has 1 aromatic carbocycles. The first-order chi connectivity index (χ1) is 10.1. The molecule has 1 aliphatic heterocycles. The molecule has 3 N–H and O–H groups in total. The molecule has 1 saturated heterocycles. The Kier molecular flexibility index (Phi) is 5.33. The lowest BCUT2D eigenvalue weighted by molar-refractivity contribution is -0.136. The minimum absolute atomic E-state index is 0.0384. The Hall–Kier alpha value is -1.88. The zero-order valence-corrected chi connectivity index (χ0v) is 12.3. The number of piperidine rings is 1. The van der Waals surface area contributed by atoms with Gasteiger partial charge in [-0.2, -0.15) is 0 Å². The predicted octanol–water partition coefficient (Wildman–Crippen LogP) is 2.03. The van der Waals surface area contributed by atoms with Crippen molar-refractivity contribution in [1.29, 1.82) is 0 Å². The van der Waals surface area contributed by atoms with Gasteiger partial charge in [0.05, 0.1) is 12.5 Å². The first-order valence-electron chi connectivity index (χ1n) is 7.43. The number of carbonyl (C=O) groups excluding carboxylic acids is 1. The van der Waals surface area contributed by atoms with E-state index in [9.17, 15) is 9.59 Å². The van der Waals surface area contributed by atoms with Crippen LogP contribution in [0.2, 0.25) is 0 Å². The summed E-state index contributed by atoms with van der Waals surface area (Å²) in [6.45, 7) is 3.02. The molecule has 1 aromatic rings. The van der Waals surface area contributed by atoms with Crippen LogP contribution in [-0.4, -0.2) is 29.6 Å². The summed E-state index contributed by atoms with van der Waals surface area (Å²) in [6, 6.07) is 6.84. The van der Waals surface area contributed by atoms with E-state index in [0.29, 0.717) is 17.2 Å². The van der Waals surface area contributed by atoms with Gasteiger partial charge in [0, 0.05) is 5.69 Å². The zero-order chi connectivity index (χ0) is 15.2. The lowest BCUT2D eigenvalue weighted by Crippen LogP contribution is -2.46. The number of hydrogen-bond donors (Lipinski definition) is 3. The van der Waals surface area contributed by atoms with Gasteiger partial charge in [-0.15, -0.1) is 0 Å². The van der Waals surface area contributed by atoms with Crippen molar-refractivity contribution in [1.82, 2.24) is 5.32 Å². The Balaban J connectivity index is 1.97. The van der Waals surface area contributed by atoms with Crippen molar-refractivity contribution >= 4 is 17.6 Å². The van der Waals surface area contributed by atoms with Crippen molar-refractivity contribution < 1.29 is 14.7 Å². The molecule has 1 amide bonds. The van der Waals surface area contributed by atoms with Crippen molar-refractivity contribution in [2.75, 3.05) is 11.9 Å². The summed E-state index contributed by atoms with van der Waals surface area (Å²) in [5.41, 5.74) is 1.34. The summed E-state index contributed by atoms with van der Waals surface area (Å²) >= 11 is 0. The van der Waals surface area contributed by atoms with E-state index in [0.717, 1.165) is 25.8 Å². The Bertz CT molecular complexity index is 516. The summed E-state index contributed by atoms with van der Waals surface area (Å²) in [5, 5.41) is 14.9. The predicted molar refractivity (Wildman–Crippen MR) is 81.2 cm³/mol. The molecule has 5 heteroatoms. The van der Waals surface area contributed by atoms with Gasteiger partial charge in [-0.25, -0.2) is 0 Å². The molecule has 5 nitrogen and oxygen atoms in total. The normalized spacial score (nSPS) is 21.8. The SMILES string of the molecule is CCC1CCNC(C(=O)Nc2cccc(CC(=O)O)c2)C1. The van der Waals surface area contributed by atoms with Gasteiger partial charge < -0.3 is 15.7 Å². The molecule has 21 heavy (non-hydrogen) atoms. The largest absolute Gasteiger partial charge is 0.481 e. The molecular formula is C16H22N2O3. The molecule has 2 rings (SSSR count). The van der Waals surface area contributed by atoms with Crippen LogP contribution in [-0.2, 0) is 16.0 Å². The third-order valence-corrected chi connectivity index (χ3v) is 3.96. The van der Waals surface area contributed by atoms with E-state index in [4.69, 9.17) is 5.11 Å². The van der Waals surface area contributed by atoms with Crippen LogP contribution in [0.15, 0.2) is 24.3 Å². The third kappa shape index (κ3) is 4.56. The third-order valence-electron chi connectivity index (χ3n) is 3.96. The second-order valence-electron chi connectivity index (χ2n) is 5.57. The van der Waals surface area contributed by atoms with Crippen LogP contribution in [0.1, 0.15) is 31.7 Å². The molecule has 2 unspecified atom stereocenters. The zero-order valence-electron chi connectivity index (χ0n) is 12.3. The average molecular weight is 290 g/mol. The molecule has 1 heterocycles. The topological polar surface area (TPSA) is 78.4 Å². The van der Waals surface area contributed by atoms with Gasteiger partial charge in [-0.3, -0.25) is 9.59 Å². The highest BCUT2D eigenvalue weighted by Gasteiger charge is 2.25. The fourth-order valence-corrected chi connectivity index (χ4v) is 2.73. The second kappa shape index (κ2) is 7.22. The molecule has 0 aliphatic carbocycles. The van der Waals surface area contributed by atoms with Crippen LogP contribution in [0.3, 0.4) is 0 Å². The monoisotopic (exact) mass is 290 g/mol. The Morgan fingerprint density at radius 1 is 1.43 bits per heavy atom. The number of carboxylic acids is 1. The highest BCUT2D eigenvalue weighted by Crippen LogP contribution is 2.20. The Morgan fingerprint density at radius 2 is 2.24 bits per heavy atom. The summed E-state index contributed by atoms with van der Waals surface area (Å²) in [5.74, 6) is -0.320. The number of amides is 1. The van der Waals surface area contributed by atoms with E-state index in [2.05, 4.69) is 17.6 Å². The lowest BCUT2D eigenvalue weighted by Gasteiger charge is -2.28. The number of benzene rings is 1. The molecule has 1 aliphatic rings. The molecule has 0 bridgehead atoms. The van der Waals surface area contributed by atoms with E-state index >= 15 is 0 Å². The van der Waals surface area contributed by atoms with Gasteiger partial charge in [0.15, 0.2) is 0 Å². The number of carboxylic acid groups (broad SMARTS) is 1. The minimum Gasteiger partial charge on any atom is -0.481 e. The summed E-state index contributed by atoms with van der Waals surface area (Å²) < 4.78 is 0. The van der Waals surface area contributed by atoms with Crippen LogP contribution in [0.5, 0.6) is 0 Å². The van der Waals surface area contributed by atoms with Crippen molar-refractivity contribution in [3.05, 3.63) is 29.8 Å². The maximum Gasteiger partial charge on any atom is 0.307 e. The van der Waals surface area contributed by atoms with Crippen LogP contribution < -0.4 is 10.6 Å². The first kappa shape index (κ1) is 15.5. The van der Waals surface area contributed by atoms with Crippen molar-refractivity contribution in [2.45, 2.75) is 38.6 Å². The van der Waals surface area contributed by atoms with Crippen LogP contribution >= 0.6 is 0 Å².